The van der Waals surface area contributed by atoms with Gasteiger partial charge in [-0.2, -0.15) is 0 Å². The molecule has 0 radical (unpaired) electrons. The van der Waals surface area contributed by atoms with Crippen molar-refractivity contribution in [2.45, 2.75) is 39.2 Å². The molecule has 0 bridgehead atoms. The molecule has 0 amide bonds. The van der Waals surface area contributed by atoms with Gasteiger partial charge >= 0.3 is 11.9 Å². The van der Waals surface area contributed by atoms with E-state index < -0.39 is 17.4 Å². The van der Waals surface area contributed by atoms with Crippen molar-refractivity contribution in [3.8, 4) is 5.75 Å². The van der Waals surface area contributed by atoms with Crippen molar-refractivity contribution in [3.05, 3.63) is 88.0 Å². The molecule has 2 aromatic rings. The highest BCUT2D eigenvalue weighted by Gasteiger charge is 2.43. The van der Waals surface area contributed by atoms with Crippen LogP contribution in [-0.2, 0) is 21.6 Å². The van der Waals surface area contributed by atoms with Gasteiger partial charge in [-0.3, -0.25) is 9.59 Å². The molecule has 0 spiro atoms. The van der Waals surface area contributed by atoms with E-state index in [-0.39, 0.29) is 24.4 Å². The van der Waals surface area contributed by atoms with E-state index in [9.17, 15) is 24.6 Å². The van der Waals surface area contributed by atoms with Gasteiger partial charge in [0.05, 0.1) is 0 Å². The first-order chi connectivity index (χ1) is 14.7. The standard InChI is InChI=1S/C25H24O6/c1-15-10-11-25(24(29)30,13-20(15)23(27)28)21-7-5-4-6-19(21)14-31-22-9-8-18(17(3)26)12-16(22)2/h4-12H,13-14H2,1-3H3,(H,27,28)(H,29,30). The van der Waals surface area contributed by atoms with Gasteiger partial charge in [0.2, 0.25) is 0 Å². The first-order valence-corrected chi connectivity index (χ1v) is 9.84. The first-order valence-electron chi connectivity index (χ1n) is 9.84. The van der Waals surface area contributed by atoms with Crippen molar-refractivity contribution in [1.29, 1.82) is 0 Å². The lowest BCUT2D eigenvalue weighted by Gasteiger charge is -2.32. The van der Waals surface area contributed by atoms with Crippen LogP contribution in [0.25, 0.3) is 0 Å². The van der Waals surface area contributed by atoms with Gasteiger partial charge in [-0.1, -0.05) is 36.4 Å². The summed E-state index contributed by atoms with van der Waals surface area (Å²) in [6.07, 6.45) is 2.97. The number of rotatable bonds is 7. The Morgan fingerprint density at radius 3 is 2.39 bits per heavy atom. The largest absolute Gasteiger partial charge is 0.489 e. The molecule has 0 heterocycles. The zero-order valence-electron chi connectivity index (χ0n) is 17.6. The van der Waals surface area contributed by atoms with Crippen LogP contribution in [-0.4, -0.2) is 27.9 Å². The van der Waals surface area contributed by atoms with E-state index in [0.29, 0.717) is 28.0 Å². The van der Waals surface area contributed by atoms with Gasteiger partial charge in [0.15, 0.2) is 5.78 Å². The normalized spacial score (nSPS) is 18.0. The van der Waals surface area contributed by atoms with Crippen molar-refractivity contribution >= 4 is 17.7 Å². The van der Waals surface area contributed by atoms with Gasteiger partial charge in [0.25, 0.3) is 0 Å². The molecule has 1 atom stereocenters. The fraction of sp³-hybridized carbons (Fsp3) is 0.240. The maximum Gasteiger partial charge on any atom is 0.331 e. The number of aryl methyl sites for hydroxylation is 1. The number of Topliss-reactive ketones (excluding diaryl/α,β-unsaturated/α-hetero) is 1. The van der Waals surface area contributed by atoms with Crippen LogP contribution in [0.5, 0.6) is 5.75 Å². The number of allylic oxidation sites excluding steroid dienone is 2. The molecule has 0 saturated carbocycles. The Morgan fingerprint density at radius 1 is 1.06 bits per heavy atom. The number of hydrogen-bond donors (Lipinski definition) is 2. The summed E-state index contributed by atoms with van der Waals surface area (Å²) in [7, 11) is 0. The zero-order valence-corrected chi connectivity index (χ0v) is 17.6. The summed E-state index contributed by atoms with van der Waals surface area (Å²) in [4.78, 5) is 35.6. The van der Waals surface area contributed by atoms with Crippen molar-refractivity contribution in [3.63, 3.8) is 0 Å². The zero-order chi connectivity index (χ0) is 22.8. The molecule has 2 N–H and O–H groups in total. The smallest absolute Gasteiger partial charge is 0.331 e. The Morgan fingerprint density at radius 2 is 1.77 bits per heavy atom. The summed E-state index contributed by atoms with van der Waals surface area (Å²) in [6, 6.07) is 12.1. The Balaban J connectivity index is 1.96. The second-order valence-electron chi connectivity index (χ2n) is 7.74. The molecule has 0 aromatic heterocycles. The molecular formula is C25H24O6. The average Bonchev–Trinajstić information content (AvgIpc) is 2.73. The molecule has 6 nitrogen and oxygen atoms in total. The van der Waals surface area contributed by atoms with Gasteiger partial charge < -0.3 is 14.9 Å². The molecule has 2 aromatic carbocycles. The van der Waals surface area contributed by atoms with E-state index in [0.717, 1.165) is 5.56 Å². The summed E-state index contributed by atoms with van der Waals surface area (Å²) in [5.41, 5.74) is 1.64. The van der Waals surface area contributed by atoms with Crippen LogP contribution in [0.3, 0.4) is 0 Å². The molecule has 0 saturated heterocycles. The third-order valence-electron chi connectivity index (χ3n) is 5.65. The van der Waals surface area contributed by atoms with Crippen molar-refractivity contribution in [2.24, 2.45) is 0 Å². The fourth-order valence-corrected chi connectivity index (χ4v) is 3.80. The molecule has 0 fully saturated rings. The second-order valence-corrected chi connectivity index (χ2v) is 7.74. The van der Waals surface area contributed by atoms with Crippen molar-refractivity contribution < 1.29 is 29.3 Å². The summed E-state index contributed by atoms with van der Waals surface area (Å²) < 4.78 is 5.95. The number of benzene rings is 2. The molecule has 1 unspecified atom stereocenters. The van der Waals surface area contributed by atoms with Gasteiger partial charge in [0.1, 0.15) is 17.8 Å². The van der Waals surface area contributed by atoms with Crippen LogP contribution in [0.1, 0.15) is 47.3 Å². The SMILES string of the molecule is CC(=O)c1ccc(OCc2ccccc2C2(C(=O)O)C=CC(C)=C(C(=O)O)C2)c(C)c1. The number of carboxylic acids is 2. The van der Waals surface area contributed by atoms with Crippen LogP contribution in [0.4, 0.5) is 0 Å². The van der Waals surface area contributed by atoms with Gasteiger partial charge in [-0.25, -0.2) is 4.79 Å². The average molecular weight is 420 g/mol. The number of ketones is 1. The monoisotopic (exact) mass is 420 g/mol. The predicted molar refractivity (Wildman–Crippen MR) is 115 cm³/mol. The summed E-state index contributed by atoms with van der Waals surface area (Å²) in [5.74, 6) is -1.69. The minimum Gasteiger partial charge on any atom is -0.489 e. The van der Waals surface area contributed by atoms with Crippen molar-refractivity contribution in [1.82, 2.24) is 0 Å². The maximum absolute atomic E-state index is 12.4. The van der Waals surface area contributed by atoms with Crippen LogP contribution in [0.2, 0.25) is 0 Å². The van der Waals surface area contributed by atoms with Crippen LogP contribution < -0.4 is 4.74 Å². The lowest BCUT2D eigenvalue weighted by Crippen LogP contribution is -2.38. The minimum atomic E-state index is -1.50. The highest BCUT2D eigenvalue weighted by atomic mass is 16.5. The summed E-state index contributed by atoms with van der Waals surface area (Å²) >= 11 is 0. The Hall–Kier alpha value is -3.67. The number of carbonyl (C=O) groups is 3. The number of aliphatic carboxylic acids is 2. The number of ether oxygens (including phenoxy) is 1. The molecule has 160 valence electrons. The van der Waals surface area contributed by atoms with E-state index in [1.54, 1.807) is 61.5 Å². The van der Waals surface area contributed by atoms with E-state index in [1.165, 1.54) is 6.92 Å². The molecule has 1 aliphatic carbocycles. The predicted octanol–water partition coefficient (Wildman–Crippen LogP) is 4.46. The highest BCUT2D eigenvalue weighted by Crippen LogP contribution is 2.40. The molecule has 3 rings (SSSR count). The Labute approximate surface area is 180 Å². The Bertz CT molecular complexity index is 1120. The fourth-order valence-electron chi connectivity index (χ4n) is 3.80. The quantitative estimate of drug-likeness (QED) is 0.642. The number of carboxylic acid groups (broad SMARTS) is 2. The minimum absolute atomic E-state index is 0.0370. The molecule has 31 heavy (non-hydrogen) atoms. The number of hydrogen-bond acceptors (Lipinski definition) is 4. The third kappa shape index (κ3) is 4.28. The third-order valence-corrected chi connectivity index (χ3v) is 5.65. The van der Waals surface area contributed by atoms with Gasteiger partial charge in [-0.15, -0.1) is 0 Å². The number of carbonyl (C=O) groups excluding carboxylic acids is 1. The van der Waals surface area contributed by atoms with Crippen molar-refractivity contribution in [2.75, 3.05) is 0 Å². The molecule has 6 heteroatoms. The lowest BCUT2D eigenvalue weighted by molar-refractivity contribution is -0.142. The molecule has 0 aliphatic heterocycles. The van der Waals surface area contributed by atoms with Crippen LogP contribution in [0, 0.1) is 6.92 Å². The second kappa shape index (κ2) is 8.60. The maximum atomic E-state index is 12.4. The first kappa shape index (κ1) is 22.0. The topological polar surface area (TPSA) is 101 Å². The molecular weight excluding hydrogens is 396 g/mol. The van der Waals surface area contributed by atoms with E-state index >= 15 is 0 Å². The van der Waals surface area contributed by atoms with E-state index in [2.05, 4.69) is 0 Å². The van der Waals surface area contributed by atoms with Crippen LogP contribution in [0.15, 0.2) is 65.8 Å². The van der Waals surface area contributed by atoms with Gasteiger partial charge in [-0.05, 0) is 61.2 Å². The van der Waals surface area contributed by atoms with Crippen LogP contribution >= 0.6 is 0 Å². The summed E-state index contributed by atoms with van der Waals surface area (Å²) in [6.45, 7) is 5.09. The summed E-state index contributed by atoms with van der Waals surface area (Å²) in [5, 5.41) is 19.7. The van der Waals surface area contributed by atoms with E-state index in [1.807, 2.05) is 6.92 Å². The molecule has 1 aliphatic rings. The highest BCUT2D eigenvalue weighted by molar-refractivity contribution is 5.95. The Kier molecular flexibility index (Phi) is 6.11. The van der Waals surface area contributed by atoms with Gasteiger partial charge in [0, 0.05) is 17.6 Å². The van der Waals surface area contributed by atoms with E-state index in [4.69, 9.17) is 4.74 Å². The lowest BCUT2D eigenvalue weighted by atomic mass is 9.70.